The van der Waals surface area contributed by atoms with E-state index in [2.05, 4.69) is 37.4 Å². The van der Waals surface area contributed by atoms with Crippen LogP contribution in [0.25, 0.3) is 0 Å². The van der Waals surface area contributed by atoms with Gasteiger partial charge in [0, 0.05) is 36.4 Å². The van der Waals surface area contributed by atoms with Crippen molar-refractivity contribution in [3.63, 3.8) is 0 Å². The van der Waals surface area contributed by atoms with Crippen molar-refractivity contribution in [3.8, 4) is 0 Å². The smallest absolute Gasteiger partial charge is 0.0480 e. The second kappa shape index (κ2) is 7.17. The standard InChI is InChI=1S/C15H23NOS/c1-12-3-4-15(13(2)11-12)18-10-7-16-14-5-8-17-9-6-14/h3-4,11,14,16H,5-10H2,1-2H3. The van der Waals surface area contributed by atoms with Crippen LogP contribution >= 0.6 is 11.8 Å². The number of ether oxygens (including phenoxy) is 1. The largest absolute Gasteiger partial charge is 0.381 e. The Morgan fingerprint density at radius 2 is 2.06 bits per heavy atom. The number of benzene rings is 1. The molecular formula is C15H23NOS. The lowest BCUT2D eigenvalue weighted by molar-refractivity contribution is 0.0786. The van der Waals surface area contributed by atoms with Gasteiger partial charge in [-0.1, -0.05) is 17.7 Å². The summed E-state index contributed by atoms with van der Waals surface area (Å²) >= 11 is 1.95. The molecule has 0 spiro atoms. The molecule has 0 saturated carbocycles. The molecule has 1 aliphatic rings. The molecule has 0 aromatic heterocycles. The maximum atomic E-state index is 5.36. The van der Waals surface area contributed by atoms with E-state index in [0.29, 0.717) is 6.04 Å². The van der Waals surface area contributed by atoms with Gasteiger partial charge in [-0.3, -0.25) is 0 Å². The molecule has 1 fully saturated rings. The summed E-state index contributed by atoms with van der Waals surface area (Å²) in [5.41, 5.74) is 2.74. The van der Waals surface area contributed by atoms with Gasteiger partial charge in [-0.25, -0.2) is 0 Å². The zero-order chi connectivity index (χ0) is 12.8. The molecular weight excluding hydrogens is 242 g/mol. The van der Waals surface area contributed by atoms with Gasteiger partial charge in [0.15, 0.2) is 0 Å². The molecule has 1 aromatic carbocycles. The van der Waals surface area contributed by atoms with Crippen LogP contribution in [0, 0.1) is 13.8 Å². The molecule has 1 heterocycles. The van der Waals surface area contributed by atoms with Crippen LogP contribution in [0.2, 0.25) is 0 Å². The van der Waals surface area contributed by atoms with Gasteiger partial charge in [-0.15, -0.1) is 11.8 Å². The fourth-order valence-corrected chi connectivity index (χ4v) is 3.18. The van der Waals surface area contributed by atoms with Crippen LogP contribution in [0.5, 0.6) is 0 Å². The minimum Gasteiger partial charge on any atom is -0.381 e. The Morgan fingerprint density at radius 1 is 1.28 bits per heavy atom. The molecule has 0 amide bonds. The van der Waals surface area contributed by atoms with Gasteiger partial charge < -0.3 is 10.1 Å². The normalized spacial score (nSPS) is 17.0. The maximum absolute atomic E-state index is 5.36. The zero-order valence-corrected chi connectivity index (χ0v) is 12.2. The van der Waals surface area contributed by atoms with Crippen molar-refractivity contribution >= 4 is 11.8 Å². The third kappa shape index (κ3) is 4.30. The van der Waals surface area contributed by atoms with Crippen molar-refractivity contribution in [3.05, 3.63) is 29.3 Å². The van der Waals surface area contributed by atoms with Gasteiger partial charge in [0.1, 0.15) is 0 Å². The number of aryl methyl sites for hydroxylation is 2. The third-order valence-corrected chi connectivity index (χ3v) is 4.52. The van der Waals surface area contributed by atoms with Crippen LogP contribution in [-0.2, 0) is 4.74 Å². The second-order valence-electron chi connectivity index (χ2n) is 4.96. The van der Waals surface area contributed by atoms with Crippen LogP contribution < -0.4 is 5.32 Å². The first-order valence-corrected chi connectivity index (χ1v) is 7.75. The Balaban J connectivity index is 1.68. The van der Waals surface area contributed by atoms with Crippen molar-refractivity contribution in [2.24, 2.45) is 0 Å². The summed E-state index contributed by atoms with van der Waals surface area (Å²) in [6.45, 7) is 7.27. The minimum absolute atomic E-state index is 0.665. The highest BCUT2D eigenvalue weighted by molar-refractivity contribution is 7.99. The van der Waals surface area contributed by atoms with Crippen molar-refractivity contribution < 1.29 is 4.74 Å². The Hall–Kier alpha value is -0.510. The van der Waals surface area contributed by atoms with E-state index in [9.17, 15) is 0 Å². The highest BCUT2D eigenvalue weighted by Gasteiger charge is 2.12. The lowest BCUT2D eigenvalue weighted by Crippen LogP contribution is -2.35. The summed E-state index contributed by atoms with van der Waals surface area (Å²) in [6, 6.07) is 7.36. The van der Waals surface area contributed by atoms with Gasteiger partial charge in [0.05, 0.1) is 0 Å². The monoisotopic (exact) mass is 265 g/mol. The Labute approximate surface area is 114 Å². The van der Waals surface area contributed by atoms with Crippen LogP contribution in [-0.4, -0.2) is 31.6 Å². The molecule has 0 atom stereocenters. The SMILES string of the molecule is Cc1ccc(SCCNC2CCOCC2)c(C)c1. The summed E-state index contributed by atoms with van der Waals surface area (Å²) in [5.74, 6) is 1.14. The molecule has 2 nitrogen and oxygen atoms in total. The molecule has 3 heteroatoms. The highest BCUT2D eigenvalue weighted by atomic mass is 32.2. The first-order chi connectivity index (χ1) is 8.75. The topological polar surface area (TPSA) is 21.3 Å². The summed E-state index contributed by atoms with van der Waals surface area (Å²) in [7, 11) is 0. The number of thioether (sulfide) groups is 1. The highest BCUT2D eigenvalue weighted by Crippen LogP contribution is 2.22. The lowest BCUT2D eigenvalue weighted by atomic mass is 10.1. The summed E-state index contributed by atoms with van der Waals surface area (Å²) in [4.78, 5) is 1.41. The van der Waals surface area contributed by atoms with E-state index < -0.39 is 0 Å². The number of rotatable bonds is 5. The van der Waals surface area contributed by atoms with E-state index in [1.54, 1.807) is 0 Å². The third-order valence-electron chi connectivity index (χ3n) is 3.34. The van der Waals surface area contributed by atoms with Gasteiger partial charge in [0.25, 0.3) is 0 Å². The Bertz CT molecular complexity index is 375. The Morgan fingerprint density at radius 3 is 2.78 bits per heavy atom. The van der Waals surface area contributed by atoms with E-state index in [-0.39, 0.29) is 0 Å². The van der Waals surface area contributed by atoms with Crippen LogP contribution in [0.1, 0.15) is 24.0 Å². The molecule has 18 heavy (non-hydrogen) atoms. The average Bonchev–Trinajstić information content (AvgIpc) is 2.38. The van der Waals surface area contributed by atoms with Crippen molar-refractivity contribution in [1.29, 1.82) is 0 Å². The van der Waals surface area contributed by atoms with E-state index in [1.807, 2.05) is 11.8 Å². The lowest BCUT2D eigenvalue weighted by Gasteiger charge is -2.23. The maximum Gasteiger partial charge on any atom is 0.0480 e. The molecule has 1 saturated heterocycles. The molecule has 1 aliphatic heterocycles. The zero-order valence-electron chi connectivity index (χ0n) is 11.4. The molecule has 0 aliphatic carbocycles. The molecule has 0 unspecified atom stereocenters. The number of hydrogen-bond donors (Lipinski definition) is 1. The van der Waals surface area contributed by atoms with Crippen LogP contribution in [0.15, 0.2) is 23.1 Å². The van der Waals surface area contributed by atoms with Gasteiger partial charge in [-0.05, 0) is 38.3 Å². The Kier molecular flexibility index (Phi) is 5.54. The van der Waals surface area contributed by atoms with Gasteiger partial charge in [0.2, 0.25) is 0 Å². The summed E-state index contributed by atoms with van der Waals surface area (Å²) in [6.07, 6.45) is 2.32. The van der Waals surface area contributed by atoms with Crippen molar-refractivity contribution in [2.75, 3.05) is 25.5 Å². The molecule has 0 radical (unpaired) electrons. The van der Waals surface area contributed by atoms with Gasteiger partial charge >= 0.3 is 0 Å². The van der Waals surface area contributed by atoms with Crippen molar-refractivity contribution in [2.45, 2.75) is 37.6 Å². The second-order valence-corrected chi connectivity index (χ2v) is 6.09. The molecule has 1 aromatic rings. The predicted molar refractivity (Wildman–Crippen MR) is 78.5 cm³/mol. The minimum atomic E-state index is 0.665. The predicted octanol–water partition coefficient (Wildman–Crippen LogP) is 3.16. The summed E-state index contributed by atoms with van der Waals surface area (Å²) in [5, 5.41) is 3.62. The molecule has 100 valence electrons. The first kappa shape index (κ1) is 13.9. The van der Waals surface area contributed by atoms with E-state index in [4.69, 9.17) is 4.74 Å². The van der Waals surface area contributed by atoms with E-state index in [0.717, 1.165) is 38.4 Å². The fraction of sp³-hybridized carbons (Fsp3) is 0.600. The number of nitrogens with one attached hydrogen (secondary N) is 1. The van der Waals surface area contributed by atoms with E-state index in [1.165, 1.54) is 16.0 Å². The number of hydrogen-bond acceptors (Lipinski definition) is 3. The molecule has 2 rings (SSSR count). The van der Waals surface area contributed by atoms with Crippen LogP contribution in [0.4, 0.5) is 0 Å². The molecule has 0 bridgehead atoms. The first-order valence-electron chi connectivity index (χ1n) is 6.77. The van der Waals surface area contributed by atoms with Crippen LogP contribution in [0.3, 0.4) is 0 Å². The quantitative estimate of drug-likeness (QED) is 0.653. The average molecular weight is 265 g/mol. The summed E-state index contributed by atoms with van der Waals surface area (Å²) < 4.78 is 5.36. The van der Waals surface area contributed by atoms with Gasteiger partial charge in [-0.2, -0.15) is 0 Å². The van der Waals surface area contributed by atoms with Crippen molar-refractivity contribution in [1.82, 2.24) is 5.32 Å². The molecule has 1 N–H and O–H groups in total. The fourth-order valence-electron chi connectivity index (χ4n) is 2.29. The van der Waals surface area contributed by atoms with E-state index >= 15 is 0 Å².